The molecule has 82 valence electrons. The van der Waals surface area contributed by atoms with E-state index in [0.29, 0.717) is 6.61 Å². The molecule has 0 amide bonds. The number of hydrogen-bond acceptors (Lipinski definition) is 2. The largest absolute Gasteiger partial charge is 0.394 e. The first-order chi connectivity index (χ1) is 7.36. The lowest BCUT2D eigenvalue weighted by molar-refractivity contribution is -0.00148. The monoisotopic (exact) mass is 206 g/mol. The molecule has 1 N–H and O–H groups in total. The molecular weight excluding hydrogens is 188 g/mol. The van der Waals surface area contributed by atoms with Gasteiger partial charge in [0.25, 0.3) is 0 Å². The summed E-state index contributed by atoms with van der Waals surface area (Å²) in [7, 11) is 0. The molecule has 0 bridgehead atoms. The molecule has 0 radical (unpaired) electrons. The van der Waals surface area contributed by atoms with Crippen molar-refractivity contribution in [1.82, 2.24) is 0 Å². The third-order valence-electron chi connectivity index (χ3n) is 2.22. The lowest BCUT2D eigenvalue weighted by Crippen LogP contribution is -2.17. The highest BCUT2D eigenvalue weighted by molar-refractivity contribution is 5.13. The van der Waals surface area contributed by atoms with Gasteiger partial charge in [0.15, 0.2) is 0 Å². The zero-order valence-electron chi connectivity index (χ0n) is 8.93. The molecule has 0 aliphatic rings. The zero-order valence-corrected chi connectivity index (χ0v) is 8.93. The fourth-order valence-electron chi connectivity index (χ4n) is 1.32. The Kier molecular flexibility index (Phi) is 5.74. The second-order valence-corrected chi connectivity index (χ2v) is 3.47. The van der Waals surface area contributed by atoms with Crippen molar-refractivity contribution in [1.29, 1.82) is 0 Å². The lowest BCUT2D eigenvalue weighted by Gasteiger charge is -2.14. The van der Waals surface area contributed by atoms with Gasteiger partial charge >= 0.3 is 0 Å². The highest BCUT2D eigenvalue weighted by Crippen LogP contribution is 2.07. The first-order valence-electron chi connectivity index (χ1n) is 5.24. The summed E-state index contributed by atoms with van der Waals surface area (Å²) in [5, 5.41) is 9.07. The second-order valence-electron chi connectivity index (χ2n) is 3.47. The predicted octanol–water partition coefficient (Wildman–Crippen LogP) is 2.53. The topological polar surface area (TPSA) is 29.5 Å². The van der Waals surface area contributed by atoms with Gasteiger partial charge in [-0.3, -0.25) is 0 Å². The molecule has 0 unspecified atom stereocenters. The van der Waals surface area contributed by atoms with Gasteiger partial charge in [-0.05, 0) is 18.4 Å². The van der Waals surface area contributed by atoms with Crippen molar-refractivity contribution >= 4 is 0 Å². The number of hydrogen-bond donors (Lipinski definition) is 1. The van der Waals surface area contributed by atoms with Crippen LogP contribution in [0.5, 0.6) is 0 Å². The van der Waals surface area contributed by atoms with E-state index < -0.39 is 0 Å². The Labute approximate surface area is 91.2 Å². The summed E-state index contributed by atoms with van der Waals surface area (Å²) in [4.78, 5) is 0. The molecule has 0 saturated heterocycles. The van der Waals surface area contributed by atoms with Crippen LogP contribution in [0.2, 0.25) is 0 Å². The minimum absolute atomic E-state index is 0.0701. The smallest absolute Gasteiger partial charge is 0.0813 e. The molecule has 2 heteroatoms. The number of allylic oxidation sites excluding steroid dienone is 1. The normalized spacial score (nSPS) is 12.3. The molecule has 1 rings (SSSR count). The van der Waals surface area contributed by atoms with E-state index in [4.69, 9.17) is 9.84 Å². The van der Waals surface area contributed by atoms with Crippen LogP contribution in [0.4, 0.5) is 0 Å². The Hall–Kier alpha value is -1.12. The van der Waals surface area contributed by atoms with Crippen molar-refractivity contribution in [2.45, 2.75) is 25.6 Å². The summed E-state index contributed by atoms with van der Waals surface area (Å²) in [6.45, 7) is 4.28. The van der Waals surface area contributed by atoms with Gasteiger partial charge in [-0.25, -0.2) is 0 Å². The Morgan fingerprint density at radius 2 is 2.07 bits per heavy atom. The number of benzene rings is 1. The molecule has 0 saturated carbocycles. The van der Waals surface area contributed by atoms with E-state index in [-0.39, 0.29) is 12.7 Å². The number of ether oxygens (including phenoxy) is 1. The number of aliphatic hydroxyl groups is 1. The van der Waals surface area contributed by atoms with E-state index in [1.165, 1.54) is 0 Å². The maximum absolute atomic E-state index is 9.07. The first-order valence-corrected chi connectivity index (χ1v) is 5.24. The van der Waals surface area contributed by atoms with Crippen molar-refractivity contribution in [2.75, 3.05) is 6.61 Å². The van der Waals surface area contributed by atoms with Crippen LogP contribution in [0, 0.1) is 0 Å². The van der Waals surface area contributed by atoms with Gasteiger partial charge in [-0.1, -0.05) is 36.4 Å². The Bertz CT molecular complexity index is 269. The predicted molar refractivity (Wildman–Crippen MR) is 61.5 cm³/mol. The van der Waals surface area contributed by atoms with Crippen LogP contribution in [0.1, 0.15) is 18.4 Å². The van der Waals surface area contributed by atoms with Gasteiger partial charge < -0.3 is 9.84 Å². The van der Waals surface area contributed by atoms with Crippen molar-refractivity contribution in [3.05, 3.63) is 48.6 Å². The molecule has 1 aromatic carbocycles. The minimum atomic E-state index is -0.0804. The SMILES string of the molecule is C=CCC[C@@H](CO)OCc1ccccc1. The van der Waals surface area contributed by atoms with E-state index in [9.17, 15) is 0 Å². The Morgan fingerprint density at radius 1 is 1.33 bits per heavy atom. The van der Waals surface area contributed by atoms with E-state index in [2.05, 4.69) is 6.58 Å². The fraction of sp³-hybridized carbons (Fsp3) is 0.385. The standard InChI is InChI=1S/C13H18O2/c1-2-3-9-13(10-14)15-11-12-7-5-4-6-8-12/h2,4-8,13-14H,1,3,9-11H2/t13-/m0/s1. The molecule has 1 aromatic rings. The van der Waals surface area contributed by atoms with Gasteiger partial charge in [-0.2, -0.15) is 0 Å². The summed E-state index contributed by atoms with van der Waals surface area (Å²) in [6.07, 6.45) is 3.46. The average Bonchev–Trinajstić information content (AvgIpc) is 2.31. The summed E-state index contributed by atoms with van der Waals surface area (Å²) in [5.41, 5.74) is 1.13. The third-order valence-corrected chi connectivity index (χ3v) is 2.22. The van der Waals surface area contributed by atoms with Crippen LogP contribution in [-0.2, 0) is 11.3 Å². The molecule has 0 aliphatic heterocycles. The molecule has 0 heterocycles. The minimum Gasteiger partial charge on any atom is -0.394 e. The molecule has 0 fully saturated rings. The zero-order chi connectivity index (χ0) is 10.9. The van der Waals surface area contributed by atoms with Crippen molar-refractivity contribution in [3.8, 4) is 0 Å². The van der Waals surface area contributed by atoms with Gasteiger partial charge in [0.05, 0.1) is 19.3 Å². The highest BCUT2D eigenvalue weighted by atomic mass is 16.5. The highest BCUT2D eigenvalue weighted by Gasteiger charge is 2.06. The number of rotatable bonds is 7. The summed E-state index contributed by atoms with van der Waals surface area (Å²) >= 11 is 0. The fourth-order valence-corrected chi connectivity index (χ4v) is 1.32. The number of aliphatic hydroxyl groups excluding tert-OH is 1. The third kappa shape index (κ3) is 4.77. The maximum atomic E-state index is 9.07. The Balaban J connectivity index is 2.31. The molecule has 1 atom stereocenters. The maximum Gasteiger partial charge on any atom is 0.0813 e. The van der Waals surface area contributed by atoms with Crippen LogP contribution in [0.25, 0.3) is 0 Å². The molecular formula is C13H18O2. The van der Waals surface area contributed by atoms with E-state index >= 15 is 0 Å². The van der Waals surface area contributed by atoms with Gasteiger partial charge in [-0.15, -0.1) is 6.58 Å². The second kappa shape index (κ2) is 7.21. The van der Waals surface area contributed by atoms with Gasteiger partial charge in [0.1, 0.15) is 0 Å². The average molecular weight is 206 g/mol. The molecule has 15 heavy (non-hydrogen) atoms. The molecule has 2 nitrogen and oxygen atoms in total. The summed E-state index contributed by atoms with van der Waals surface area (Å²) < 4.78 is 5.58. The Morgan fingerprint density at radius 3 is 2.67 bits per heavy atom. The van der Waals surface area contributed by atoms with E-state index in [1.54, 1.807) is 0 Å². The molecule has 0 spiro atoms. The quantitative estimate of drug-likeness (QED) is 0.695. The van der Waals surface area contributed by atoms with Crippen LogP contribution >= 0.6 is 0 Å². The van der Waals surface area contributed by atoms with Crippen molar-refractivity contribution < 1.29 is 9.84 Å². The van der Waals surface area contributed by atoms with Crippen molar-refractivity contribution in [2.24, 2.45) is 0 Å². The van der Waals surface area contributed by atoms with Crippen LogP contribution in [0.15, 0.2) is 43.0 Å². The van der Waals surface area contributed by atoms with Crippen molar-refractivity contribution in [3.63, 3.8) is 0 Å². The summed E-state index contributed by atoms with van der Waals surface area (Å²) in [6, 6.07) is 9.97. The van der Waals surface area contributed by atoms with Gasteiger partial charge in [0, 0.05) is 0 Å². The van der Waals surface area contributed by atoms with E-state index in [0.717, 1.165) is 18.4 Å². The first kappa shape index (κ1) is 12.0. The van der Waals surface area contributed by atoms with Crippen LogP contribution in [-0.4, -0.2) is 17.8 Å². The van der Waals surface area contributed by atoms with E-state index in [1.807, 2.05) is 36.4 Å². The molecule has 0 aliphatic carbocycles. The van der Waals surface area contributed by atoms with Crippen LogP contribution < -0.4 is 0 Å². The summed E-state index contributed by atoms with van der Waals surface area (Å²) in [5.74, 6) is 0. The van der Waals surface area contributed by atoms with Crippen LogP contribution in [0.3, 0.4) is 0 Å². The molecule has 0 aromatic heterocycles. The van der Waals surface area contributed by atoms with Gasteiger partial charge in [0.2, 0.25) is 0 Å². The lowest BCUT2D eigenvalue weighted by atomic mass is 10.2.